The first kappa shape index (κ1) is 23.0. The lowest BCUT2D eigenvalue weighted by Crippen LogP contribution is -2.65. The predicted molar refractivity (Wildman–Crippen MR) is 112 cm³/mol. The van der Waals surface area contributed by atoms with Crippen molar-refractivity contribution >= 4 is 9.84 Å². The van der Waals surface area contributed by atoms with Crippen LogP contribution < -0.4 is 0 Å². The molecule has 2 aromatic rings. The summed E-state index contributed by atoms with van der Waals surface area (Å²) in [7, 11) is -3.46. The minimum Gasteiger partial charge on any atom is -0.394 e. The molecule has 0 amide bonds. The highest BCUT2D eigenvalue weighted by atomic mass is 32.2. The fourth-order valence-electron chi connectivity index (χ4n) is 3.06. The Kier molecular flexibility index (Phi) is 6.83. The van der Waals surface area contributed by atoms with E-state index in [1.807, 2.05) is 6.07 Å². The van der Waals surface area contributed by atoms with Gasteiger partial charge in [0.2, 0.25) is 0 Å². The van der Waals surface area contributed by atoms with Crippen molar-refractivity contribution < 1.29 is 33.6 Å². The molecule has 1 saturated heterocycles. The van der Waals surface area contributed by atoms with Crippen molar-refractivity contribution in [1.29, 1.82) is 0 Å². The molecular weight excluding hydrogens is 420 g/mol. The summed E-state index contributed by atoms with van der Waals surface area (Å²) in [6, 6.07) is 14.6. The number of ether oxygens (including phenoxy) is 1. The van der Waals surface area contributed by atoms with Crippen molar-refractivity contribution in [2.75, 3.05) is 12.9 Å². The van der Waals surface area contributed by atoms with Crippen LogP contribution in [-0.2, 0) is 14.6 Å². The largest absolute Gasteiger partial charge is 0.394 e. The smallest absolute Gasteiger partial charge is 0.191 e. The molecule has 5 atom stereocenters. The first-order valence-corrected chi connectivity index (χ1v) is 11.3. The number of benzene rings is 2. The summed E-state index contributed by atoms with van der Waals surface area (Å²) in [6.45, 7) is -0.596. The lowest BCUT2D eigenvalue weighted by molar-refractivity contribution is -0.239. The maximum absolute atomic E-state index is 11.8. The Balaban J connectivity index is 2.02. The minimum atomic E-state index is -3.46. The van der Waals surface area contributed by atoms with Crippen molar-refractivity contribution in [2.24, 2.45) is 0 Å². The number of hydrogen-bond acceptors (Lipinski definition) is 7. The molecule has 0 aromatic heterocycles. The summed E-state index contributed by atoms with van der Waals surface area (Å²) >= 11 is 0. The van der Waals surface area contributed by atoms with Gasteiger partial charge in [0.05, 0.1) is 11.5 Å². The van der Waals surface area contributed by atoms with Crippen molar-refractivity contribution in [3.8, 4) is 23.7 Å². The van der Waals surface area contributed by atoms with Crippen LogP contribution >= 0.6 is 0 Å². The Morgan fingerprint density at radius 2 is 1.71 bits per heavy atom. The Bertz CT molecular complexity index is 1150. The molecule has 1 fully saturated rings. The molecule has 0 radical (unpaired) electrons. The highest BCUT2D eigenvalue weighted by Gasteiger charge is 2.53. The van der Waals surface area contributed by atoms with Crippen LogP contribution in [0.15, 0.2) is 59.5 Å². The van der Waals surface area contributed by atoms with Gasteiger partial charge in [0, 0.05) is 17.4 Å². The van der Waals surface area contributed by atoms with Crippen LogP contribution in [0.25, 0.3) is 0 Å². The molecule has 2 aromatic carbocycles. The second-order valence-corrected chi connectivity index (χ2v) is 9.20. The van der Waals surface area contributed by atoms with Crippen LogP contribution in [0.1, 0.15) is 11.1 Å². The summed E-state index contributed by atoms with van der Waals surface area (Å²) in [5, 5.41) is 41.4. The summed E-state index contributed by atoms with van der Waals surface area (Å²) < 4.78 is 29.1. The standard InChI is InChI=1S/C23H22O7S/c1-31(28,29)18-9-5-8-17(14-18)12-13-23(27)20(11-10-16-6-3-2-4-7-16)30-19(15-24)21(25)22(23)26/h2-9,14,19-22,24-27H,15H2,1H3/t19-,20-,21-,22+,23-/m1/s1. The van der Waals surface area contributed by atoms with Gasteiger partial charge in [0.25, 0.3) is 0 Å². The number of aliphatic hydroxyl groups is 4. The average Bonchev–Trinajstić information content (AvgIpc) is 2.76. The molecule has 0 saturated carbocycles. The third-order valence-electron chi connectivity index (χ3n) is 4.84. The van der Waals surface area contributed by atoms with E-state index in [9.17, 15) is 28.8 Å². The Morgan fingerprint density at radius 3 is 2.35 bits per heavy atom. The number of sulfone groups is 1. The topological polar surface area (TPSA) is 124 Å². The fourth-order valence-corrected chi connectivity index (χ4v) is 3.73. The van der Waals surface area contributed by atoms with Crippen LogP contribution in [-0.4, -0.2) is 71.7 Å². The van der Waals surface area contributed by atoms with Crippen molar-refractivity contribution in [3.05, 3.63) is 65.7 Å². The third-order valence-corrected chi connectivity index (χ3v) is 5.95. The van der Waals surface area contributed by atoms with Gasteiger partial charge in [-0.05, 0) is 30.3 Å². The molecule has 7 nitrogen and oxygen atoms in total. The maximum Gasteiger partial charge on any atom is 0.191 e. The van der Waals surface area contributed by atoms with E-state index in [1.54, 1.807) is 30.3 Å². The van der Waals surface area contributed by atoms with Gasteiger partial charge < -0.3 is 25.2 Å². The zero-order chi connectivity index (χ0) is 22.6. The molecule has 4 N–H and O–H groups in total. The Labute approximate surface area is 180 Å². The predicted octanol–water partition coefficient (Wildman–Crippen LogP) is -0.294. The summed E-state index contributed by atoms with van der Waals surface area (Å²) in [5.41, 5.74) is -1.39. The number of rotatable bonds is 2. The lowest BCUT2D eigenvalue weighted by Gasteiger charge is -2.43. The molecule has 3 rings (SSSR count). The van der Waals surface area contributed by atoms with Gasteiger partial charge in [0.15, 0.2) is 21.5 Å². The van der Waals surface area contributed by atoms with Gasteiger partial charge in [0.1, 0.15) is 18.3 Å². The molecule has 1 heterocycles. The van der Waals surface area contributed by atoms with Crippen molar-refractivity contribution in [3.63, 3.8) is 0 Å². The summed E-state index contributed by atoms with van der Waals surface area (Å²) in [6.07, 6.45) is -4.86. The highest BCUT2D eigenvalue weighted by Crippen LogP contribution is 2.30. The van der Waals surface area contributed by atoms with Gasteiger partial charge >= 0.3 is 0 Å². The van der Waals surface area contributed by atoms with E-state index in [4.69, 9.17) is 4.74 Å². The Morgan fingerprint density at radius 1 is 1.03 bits per heavy atom. The third kappa shape index (κ3) is 5.15. The number of aliphatic hydroxyl groups excluding tert-OH is 3. The summed E-state index contributed by atoms with van der Waals surface area (Å²) in [4.78, 5) is 0.0486. The minimum absolute atomic E-state index is 0.0486. The Hall–Kier alpha value is -2.69. The zero-order valence-corrected chi connectivity index (χ0v) is 17.5. The van der Waals surface area contributed by atoms with Gasteiger partial charge in [-0.3, -0.25) is 0 Å². The zero-order valence-electron chi connectivity index (χ0n) is 16.6. The second-order valence-electron chi connectivity index (χ2n) is 7.18. The normalized spacial score (nSPS) is 28.0. The van der Waals surface area contributed by atoms with Crippen molar-refractivity contribution in [2.45, 2.75) is 34.9 Å². The summed E-state index contributed by atoms with van der Waals surface area (Å²) in [5.74, 6) is 10.7. The van der Waals surface area contributed by atoms with Crippen LogP contribution in [0.4, 0.5) is 0 Å². The number of hydrogen-bond donors (Lipinski definition) is 4. The van der Waals surface area contributed by atoms with Crippen LogP contribution in [0, 0.1) is 23.7 Å². The molecule has 31 heavy (non-hydrogen) atoms. The van der Waals surface area contributed by atoms with E-state index < -0.39 is 46.5 Å². The second kappa shape index (κ2) is 9.21. The van der Waals surface area contributed by atoms with E-state index in [0.717, 1.165) is 6.26 Å². The lowest BCUT2D eigenvalue weighted by atomic mass is 9.82. The molecule has 162 valence electrons. The van der Waals surface area contributed by atoms with E-state index in [-0.39, 0.29) is 10.5 Å². The molecule has 8 heteroatoms. The highest BCUT2D eigenvalue weighted by molar-refractivity contribution is 7.90. The average molecular weight is 442 g/mol. The van der Waals surface area contributed by atoms with E-state index >= 15 is 0 Å². The molecule has 0 spiro atoms. The maximum atomic E-state index is 11.8. The molecule has 0 aliphatic carbocycles. The van der Waals surface area contributed by atoms with E-state index in [1.165, 1.54) is 18.2 Å². The van der Waals surface area contributed by atoms with Gasteiger partial charge in [-0.25, -0.2) is 8.42 Å². The molecule has 0 bridgehead atoms. The monoisotopic (exact) mass is 442 g/mol. The first-order valence-electron chi connectivity index (χ1n) is 9.40. The van der Waals surface area contributed by atoms with Crippen LogP contribution in [0.2, 0.25) is 0 Å². The molecular formula is C23H22O7S. The first-order chi connectivity index (χ1) is 14.6. The van der Waals surface area contributed by atoms with E-state index in [0.29, 0.717) is 5.56 Å². The van der Waals surface area contributed by atoms with Crippen LogP contribution in [0.5, 0.6) is 0 Å². The fraction of sp³-hybridized carbons (Fsp3) is 0.304. The molecule has 1 aliphatic heterocycles. The molecule has 0 unspecified atom stereocenters. The van der Waals surface area contributed by atoms with E-state index in [2.05, 4.69) is 23.7 Å². The molecule has 1 aliphatic rings. The van der Waals surface area contributed by atoms with Crippen molar-refractivity contribution in [1.82, 2.24) is 0 Å². The van der Waals surface area contributed by atoms with Gasteiger partial charge in [-0.15, -0.1) is 0 Å². The van der Waals surface area contributed by atoms with Crippen LogP contribution in [0.3, 0.4) is 0 Å². The van der Waals surface area contributed by atoms with Gasteiger partial charge in [-0.1, -0.05) is 47.9 Å². The van der Waals surface area contributed by atoms with Gasteiger partial charge in [-0.2, -0.15) is 0 Å². The SMILES string of the molecule is CS(=O)(=O)c1cccc(C#C[C@@]2(O)[C@@H](C#Cc3ccccc3)O[C@H](CO)[C@@H](O)[C@@H]2O)c1. The quantitative estimate of drug-likeness (QED) is 0.471.